The Morgan fingerprint density at radius 2 is 1.76 bits per heavy atom. The summed E-state index contributed by atoms with van der Waals surface area (Å²) in [5, 5.41) is -0.0460. The fraction of sp³-hybridized carbons (Fsp3) is 0.222. The summed E-state index contributed by atoms with van der Waals surface area (Å²) in [4.78, 5) is 15.2. The Balaban J connectivity index is 1.55. The molecule has 0 bridgehead atoms. The minimum absolute atomic E-state index is 0.0460. The number of para-hydroxylation sites is 1. The average molecular weight is 592 g/mol. The van der Waals surface area contributed by atoms with Gasteiger partial charge in [0.25, 0.3) is 5.76 Å². The predicted octanol–water partition coefficient (Wildman–Crippen LogP) is 6.74. The van der Waals surface area contributed by atoms with E-state index >= 15 is 0 Å². The van der Waals surface area contributed by atoms with E-state index in [1.807, 2.05) is 17.0 Å². The molecule has 0 amide bonds. The largest absolute Gasteiger partial charge is 0.493 e. The zero-order valence-corrected chi connectivity index (χ0v) is 21.8. The van der Waals surface area contributed by atoms with Crippen LogP contribution in [-0.4, -0.2) is 25.9 Å². The molecular weight excluding hydrogens is 571 g/mol. The molecule has 0 spiro atoms. The van der Waals surface area contributed by atoms with Crippen LogP contribution in [0.5, 0.6) is 28.7 Å². The minimum Gasteiger partial charge on any atom is -0.493 e. The third kappa shape index (κ3) is 4.91. The average Bonchev–Trinajstić information content (AvgIpc) is 2.90. The molecule has 0 aliphatic carbocycles. The number of alkyl halides is 3. The number of benzene rings is 3. The quantitative estimate of drug-likeness (QED) is 0.246. The van der Waals surface area contributed by atoms with Gasteiger partial charge in [-0.05, 0) is 57.9 Å². The van der Waals surface area contributed by atoms with Crippen LogP contribution in [0.3, 0.4) is 0 Å². The summed E-state index contributed by atoms with van der Waals surface area (Å²) >= 11 is 3.23. The van der Waals surface area contributed by atoms with Crippen molar-refractivity contribution in [2.75, 3.05) is 21.0 Å². The van der Waals surface area contributed by atoms with Crippen LogP contribution in [0.1, 0.15) is 16.9 Å². The fourth-order valence-corrected chi connectivity index (χ4v) is 4.62. The van der Waals surface area contributed by atoms with Gasteiger partial charge in [-0.2, -0.15) is 13.2 Å². The van der Waals surface area contributed by atoms with Gasteiger partial charge in [0.05, 0.1) is 29.6 Å². The number of hydrogen-bond donors (Lipinski definition) is 0. The molecule has 0 saturated carbocycles. The molecule has 3 aromatic carbocycles. The maximum atomic E-state index is 14.1. The molecule has 11 heteroatoms. The third-order valence-corrected chi connectivity index (χ3v) is 6.68. The first-order chi connectivity index (χ1) is 18.2. The highest BCUT2D eigenvalue weighted by Crippen LogP contribution is 2.42. The van der Waals surface area contributed by atoms with Crippen molar-refractivity contribution in [2.45, 2.75) is 19.3 Å². The molecule has 5 rings (SSSR count). The van der Waals surface area contributed by atoms with E-state index in [9.17, 15) is 18.0 Å². The highest BCUT2D eigenvalue weighted by Gasteiger charge is 2.41. The van der Waals surface area contributed by atoms with Crippen molar-refractivity contribution in [3.63, 3.8) is 0 Å². The van der Waals surface area contributed by atoms with Gasteiger partial charge >= 0.3 is 6.18 Å². The van der Waals surface area contributed by atoms with Crippen LogP contribution >= 0.6 is 15.9 Å². The molecule has 4 aromatic rings. The molecule has 7 nitrogen and oxygen atoms in total. The SMILES string of the molecule is COc1ccc(CN2COc3ccc4c(=O)c(Oc5ccccc5Br)c(C(F)(F)F)oc4c3C2)cc1OC. The highest BCUT2D eigenvalue weighted by atomic mass is 79.9. The Bertz CT molecular complexity index is 1570. The number of nitrogens with zero attached hydrogens (tertiary/aromatic N) is 1. The molecule has 2 heterocycles. The van der Waals surface area contributed by atoms with E-state index in [1.165, 1.54) is 26.4 Å². The number of hydrogen-bond acceptors (Lipinski definition) is 7. The lowest BCUT2D eigenvalue weighted by Crippen LogP contribution is -2.32. The zero-order chi connectivity index (χ0) is 27.0. The maximum Gasteiger partial charge on any atom is 0.453 e. The topological polar surface area (TPSA) is 70.4 Å². The summed E-state index contributed by atoms with van der Waals surface area (Å²) in [6.45, 7) is 0.772. The number of ether oxygens (including phenoxy) is 4. The predicted molar refractivity (Wildman–Crippen MR) is 136 cm³/mol. The summed E-state index contributed by atoms with van der Waals surface area (Å²) < 4.78 is 70.0. The van der Waals surface area contributed by atoms with Crippen molar-refractivity contribution < 1.29 is 36.5 Å². The molecule has 1 aromatic heterocycles. The smallest absolute Gasteiger partial charge is 0.453 e. The van der Waals surface area contributed by atoms with Gasteiger partial charge < -0.3 is 23.4 Å². The fourth-order valence-electron chi connectivity index (χ4n) is 4.25. The van der Waals surface area contributed by atoms with Crippen molar-refractivity contribution in [1.82, 2.24) is 4.90 Å². The van der Waals surface area contributed by atoms with Gasteiger partial charge in [0.1, 0.15) is 23.8 Å². The Morgan fingerprint density at radius 3 is 2.47 bits per heavy atom. The van der Waals surface area contributed by atoms with Crippen LogP contribution in [0, 0.1) is 0 Å². The number of fused-ring (bicyclic) bond motifs is 3. The van der Waals surface area contributed by atoms with Gasteiger partial charge in [-0.15, -0.1) is 0 Å². The summed E-state index contributed by atoms with van der Waals surface area (Å²) in [5.41, 5.74) is 0.0752. The lowest BCUT2D eigenvalue weighted by molar-refractivity contribution is -0.154. The van der Waals surface area contributed by atoms with Crippen LogP contribution in [-0.2, 0) is 19.3 Å². The zero-order valence-electron chi connectivity index (χ0n) is 20.2. The molecule has 0 saturated heterocycles. The van der Waals surface area contributed by atoms with Crippen LogP contribution in [0.4, 0.5) is 13.2 Å². The molecule has 38 heavy (non-hydrogen) atoms. The second-order valence-electron chi connectivity index (χ2n) is 8.49. The summed E-state index contributed by atoms with van der Waals surface area (Å²) in [5.74, 6) is -0.938. The lowest BCUT2D eigenvalue weighted by Gasteiger charge is -2.29. The first-order valence-corrected chi connectivity index (χ1v) is 12.2. The van der Waals surface area contributed by atoms with E-state index in [1.54, 1.807) is 30.3 Å². The highest BCUT2D eigenvalue weighted by molar-refractivity contribution is 9.10. The number of halogens is 4. The van der Waals surface area contributed by atoms with E-state index in [2.05, 4.69) is 15.9 Å². The molecule has 1 aliphatic rings. The second kappa shape index (κ2) is 10.2. The standard InChI is InChI=1S/C27H21BrF3NO6/c1-34-21-9-7-15(11-22(21)35-2)12-32-13-17-19(36-14-32)10-8-16-23(33)25(26(27(29,30)31)38-24(16)17)37-20-6-4-3-5-18(20)28/h3-11H,12-14H2,1-2H3. The molecule has 198 valence electrons. The molecule has 0 fully saturated rings. The summed E-state index contributed by atoms with van der Waals surface area (Å²) in [6.07, 6.45) is -4.98. The Hall–Kier alpha value is -3.70. The third-order valence-electron chi connectivity index (χ3n) is 6.02. The molecule has 0 radical (unpaired) electrons. The molecule has 0 atom stereocenters. The van der Waals surface area contributed by atoms with E-state index in [0.29, 0.717) is 33.8 Å². The Kier molecular flexibility index (Phi) is 6.97. The summed E-state index contributed by atoms with van der Waals surface area (Å²) in [7, 11) is 3.07. The molecular formula is C27H21BrF3NO6. The van der Waals surface area contributed by atoms with Crippen molar-refractivity contribution in [2.24, 2.45) is 0 Å². The van der Waals surface area contributed by atoms with E-state index < -0.39 is 23.1 Å². The van der Waals surface area contributed by atoms with Gasteiger partial charge in [-0.3, -0.25) is 9.69 Å². The van der Waals surface area contributed by atoms with E-state index in [-0.39, 0.29) is 30.0 Å². The van der Waals surface area contributed by atoms with Crippen LogP contribution < -0.4 is 24.4 Å². The maximum absolute atomic E-state index is 14.1. The van der Waals surface area contributed by atoms with Crippen LogP contribution in [0.25, 0.3) is 11.0 Å². The Morgan fingerprint density at radius 1 is 1.00 bits per heavy atom. The van der Waals surface area contributed by atoms with Crippen molar-refractivity contribution in [3.8, 4) is 28.7 Å². The minimum atomic E-state index is -4.98. The van der Waals surface area contributed by atoms with Gasteiger partial charge in [0, 0.05) is 13.1 Å². The van der Waals surface area contributed by atoms with Gasteiger partial charge in [-0.25, -0.2) is 0 Å². The van der Waals surface area contributed by atoms with E-state index in [4.69, 9.17) is 23.4 Å². The number of methoxy groups -OCH3 is 2. The second-order valence-corrected chi connectivity index (χ2v) is 9.34. The molecule has 1 aliphatic heterocycles. The van der Waals surface area contributed by atoms with Crippen LogP contribution in [0.15, 0.2) is 68.3 Å². The van der Waals surface area contributed by atoms with Crippen molar-refractivity contribution >= 4 is 26.9 Å². The van der Waals surface area contributed by atoms with Crippen molar-refractivity contribution in [1.29, 1.82) is 0 Å². The van der Waals surface area contributed by atoms with Crippen molar-refractivity contribution in [3.05, 3.63) is 86.2 Å². The summed E-state index contributed by atoms with van der Waals surface area (Å²) in [6, 6.07) is 14.7. The normalized spacial score (nSPS) is 13.6. The number of rotatable bonds is 6. The Labute approximate surface area is 223 Å². The lowest BCUT2D eigenvalue weighted by atomic mass is 10.1. The van der Waals surface area contributed by atoms with E-state index in [0.717, 1.165) is 5.56 Å². The van der Waals surface area contributed by atoms with Gasteiger partial charge in [0.2, 0.25) is 11.2 Å². The monoisotopic (exact) mass is 591 g/mol. The van der Waals surface area contributed by atoms with Crippen LogP contribution in [0.2, 0.25) is 0 Å². The van der Waals surface area contributed by atoms with Gasteiger partial charge in [-0.1, -0.05) is 18.2 Å². The molecule has 0 unspecified atom stereocenters. The van der Waals surface area contributed by atoms with Gasteiger partial charge in [0.15, 0.2) is 11.5 Å². The first kappa shape index (κ1) is 25.9. The first-order valence-electron chi connectivity index (χ1n) is 11.4. The molecule has 0 N–H and O–H groups in total.